The molecule has 0 amide bonds. The summed E-state index contributed by atoms with van der Waals surface area (Å²) in [5.74, 6) is 0.870. The lowest BCUT2D eigenvalue weighted by Crippen LogP contribution is -2.35. The van der Waals surface area contributed by atoms with Crippen LogP contribution in [0.1, 0.15) is 12.5 Å². The molecular formula is C13H21BrN2O. The minimum Gasteiger partial charge on any atom is -0.496 e. The summed E-state index contributed by atoms with van der Waals surface area (Å²) >= 11 is 3.49. The first-order valence-corrected chi connectivity index (χ1v) is 6.52. The maximum Gasteiger partial charge on any atom is 0.133 e. The number of methoxy groups -OCH3 is 1. The smallest absolute Gasteiger partial charge is 0.133 e. The van der Waals surface area contributed by atoms with Gasteiger partial charge in [0.05, 0.1) is 11.6 Å². The van der Waals surface area contributed by atoms with Gasteiger partial charge in [0.1, 0.15) is 5.75 Å². The zero-order valence-corrected chi connectivity index (χ0v) is 12.5. The fourth-order valence-corrected chi connectivity index (χ4v) is 2.31. The van der Waals surface area contributed by atoms with E-state index in [9.17, 15) is 0 Å². The second-order valence-electron chi connectivity index (χ2n) is 4.51. The molecule has 0 aliphatic carbocycles. The molecule has 0 saturated heterocycles. The maximum absolute atomic E-state index is 5.20. The van der Waals surface area contributed by atoms with Crippen LogP contribution in [0.25, 0.3) is 0 Å². The van der Waals surface area contributed by atoms with Crippen molar-refractivity contribution in [2.75, 3.05) is 27.7 Å². The highest BCUT2D eigenvalue weighted by Crippen LogP contribution is 2.25. The van der Waals surface area contributed by atoms with Gasteiger partial charge >= 0.3 is 0 Å². The number of likely N-dealkylation sites (N-methyl/N-ethyl adjacent to an activating group) is 1. The van der Waals surface area contributed by atoms with Crippen molar-refractivity contribution >= 4 is 15.9 Å². The molecule has 1 unspecified atom stereocenters. The third-order valence-electron chi connectivity index (χ3n) is 2.51. The summed E-state index contributed by atoms with van der Waals surface area (Å²) in [4.78, 5) is 2.18. The molecule has 1 rings (SSSR count). The normalized spacial score (nSPS) is 12.8. The number of benzene rings is 1. The lowest BCUT2D eigenvalue weighted by Gasteiger charge is -2.18. The molecule has 0 bridgehead atoms. The van der Waals surface area contributed by atoms with E-state index >= 15 is 0 Å². The van der Waals surface area contributed by atoms with Gasteiger partial charge in [-0.3, -0.25) is 0 Å². The predicted octanol–water partition coefficient (Wildman–Crippen LogP) is 2.50. The van der Waals surface area contributed by atoms with Crippen LogP contribution >= 0.6 is 15.9 Å². The zero-order chi connectivity index (χ0) is 12.8. The van der Waals surface area contributed by atoms with Crippen LogP contribution in [0.2, 0.25) is 0 Å². The SMILES string of the molecule is COc1ccc(CNC(C)CN(C)C)cc1Br. The van der Waals surface area contributed by atoms with E-state index in [0.717, 1.165) is 23.3 Å². The monoisotopic (exact) mass is 300 g/mol. The first kappa shape index (κ1) is 14.5. The van der Waals surface area contributed by atoms with E-state index in [4.69, 9.17) is 4.74 Å². The maximum atomic E-state index is 5.20. The summed E-state index contributed by atoms with van der Waals surface area (Å²) in [6.07, 6.45) is 0. The number of halogens is 1. The third-order valence-corrected chi connectivity index (χ3v) is 3.13. The lowest BCUT2D eigenvalue weighted by atomic mass is 10.2. The highest BCUT2D eigenvalue weighted by Gasteiger charge is 2.04. The van der Waals surface area contributed by atoms with Gasteiger partial charge in [-0.1, -0.05) is 6.07 Å². The van der Waals surface area contributed by atoms with Crippen molar-refractivity contribution in [2.24, 2.45) is 0 Å². The van der Waals surface area contributed by atoms with Gasteiger partial charge in [0.25, 0.3) is 0 Å². The first-order valence-electron chi connectivity index (χ1n) is 5.73. The summed E-state index contributed by atoms with van der Waals surface area (Å²) < 4.78 is 6.20. The molecular weight excluding hydrogens is 280 g/mol. The van der Waals surface area contributed by atoms with Crippen LogP contribution in [0.15, 0.2) is 22.7 Å². The number of nitrogens with one attached hydrogen (secondary N) is 1. The van der Waals surface area contributed by atoms with Crippen LogP contribution in [0.4, 0.5) is 0 Å². The Kier molecular flexibility index (Phi) is 5.95. The molecule has 1 N–H and O–H groups in total. The average molecular weight is 301 g/mol. The van der Waals surface area contributed by atoms with E-state index in [-0.39, 0.29) is 0 Å². The van der Waals surface area contributed by atoms with E-state index in [1.54, 1.807) is 7.11 Å². The molecule has 0 heterocycles. The Morgan fingerprint density at radius 1 is 1.41 bits per heavy atom. The van der Waals surface area contributed by atoms with Crippen LogP contribution in [0, 0.1) is 0 Å². The molecule has 1 aromatic carbocycles. The number of hydrogen-bond donors (Lipinski definition) is 1. The fraction of sp³-hybridized carbons (Fsp3) is 0.538. The van der Waals surface area contributed by atoms with Crippen LogP contribution < -0.4 is 10.1 Å². The van der Waals surface area contributed by atoms with Gasteiger partial charge in [0.2, 0.25) is 0 Å². The standard InChI is InChI=1S/C13H21BrN2O/c1-10(9-16(2)3)15-8-11-5-6-13(17-4)12(14)7-11/h5-7,10,15H,8-9H2,1-4H3. The Hall–Kier alpha value is -0.580. The van der Waals surface area contributed by atoms with E-state index in [1.165, 1.54) is 5.56 Å². The Bertz CT molecular complexity index is 355. The second kappa shape index (κ2) is 6.99. The van der Waals surface area contributed by atoms with E-state index in [2.05, 4.69) is 59.3 Å². The van der Waals surface area contributed by atoms with Crippen LogP contribution in [-0.2, 0) is 6.54 Å². The summed E-state index contributed by atoms with van der Waals surface area (Å²) in [6.45, 7) is 4.10. The van der Waals surface area contributed by atoms with Gasteiger partial charge in [0, 0.05) is 19.1 Å². The van der Waals surface area contributed by atoms with Gasteiger partial charge in [-0.15, -0.1) is 0 Å². The Labute approximate surface area is 112 Å². The van der Waals surface area contributed by atoms with Crippen molar-refractivity contribution in [2.45, 2.75) is 19.5 Å². The summed E-state index contributed by atoms with van der Waals surface area (Å²) in [6, 6.07) is 6.64. The zero-order valence-electron chi connectivity index (χ0n) is 11.0. The molecule has 4 heteroatoms. The molecule has 0 fully saturated rings. The summed E-state index contributed by atoms with van der Waals surface area (Å²) in [5.41, 5.74) is 1.25. The molecule has 3 nitrogen and oxygen atoms in total. The van der Waals surface area contributed by atoms with Gasteiger partial charge in [0.15, 0.2) is 0 Å². The quantitative estimate of drug-likeness (QED) is 0.874. The van der Waals surface area contributed by atoms with Crippen molar-refractivity contribution in [3.8, 4) is 5.75 Å². The average Bonchev–Trinajstić information content (AvgIpc) is 2.25. The molecule has 96 valence electrons. The van der Waals surface area contributed by atoms with E-state index < -0.39 is 0 Å². The molecule has 0 spiro atoms. The first-order chi connectivity index (χ1) is 8.02. The second-order valence-corrected chi connectivity index (χ2v) is 5.37. The van der Waals surface area contributed by atoms with E-state index in [0.29, 0.717) is 6.04 Å². The summed E-state index contributed by atoms with van der Waals surface area (Å²) in [7, 11) is 5.85. The van der Waals surface area contributed by atoms with Crippen LogP contribution in [-0.4, -0.2) is 38.7 Å². The summed E-state index contributed by atoms with van der Waals surface area (Å²) in [5, 5.41) is 3.49. The topological polar surface area (TPSA) is 24.5 Å². The van der Waals surface area contributed by atoms with Gasteiger partial charge in [-0.25, -0.2) is 0 Å². The van der Waals surface area contributed by atoms with Crippen molar-refractivity contribution in [3.05, 3.63) is 28.2 Å². The Morgan fingerprint density at radius 2 is 2.12 bits per heavy atom. The number of nitrogens with zero attached hydrogens (tertiary/aromatic N) is 1. The van der Waals surface area contributed by atoms with Gasteiger partial charge in [-0.05, 0) is 54.6 Å². The van der Waals surface area contributed by atoms with Crippen molar-refractivity contribution in [1.82, 2.24) is 10.2 Å². The third kappa shape index (κ3) is 5.06. The highest BCUT2D eigenvalue weighted by molar-refractivity contribution is 9.10. The molecule has 0 saturated carbocycles. The number of hydrogen-bond acceptors (Lipinski definition) is 3. The number of rotatable bonds is 6. The molecule has 1 aromatic rings. The van der Waals surface area contributed by atoms with Crippen molar-refractivity contribution < 1.29 is 4.74 Å². The van der Waals surface area contributed by atoms with Gasteiger partial charge < -0.3 is 15.0 Å². The Morgan fingerprint density at radius 3 is 2.65 bits per heavy atom. The van der Waals surface area contributed by atoms with Crippen LogP contribution in [0.5, 0.6) is 5.75 Å². The van der Waals surface area contributed by atoms with Crippen molar-refractivity contribution in [3.63, 3.8) is 0 Å². The fourth-order valence-electron chi connectivity index (χ4n) is 1.72. The minimum atomic E-state index is 0.478. The van der Waals surface area contributed by atoms with Crippen LogP contribution in [0.3, 0.4) is 0 Å². The Balaban J connectivity index is 2.49. The van der Waals surface area contributed by atoms with Gasteiger partial charge in [-0.2, -0.15) is 0 Å². The predicted molar refractivity (Wildman–Crippen MR) is 75.5 cm³/mol. The minimum absolute atomic E-state index is 0.478. The molecule has 1 atom stereocenters. The molecule has 0 aliphatic rings. The highest BCUT2D eigenvalue weighted by atomic mass is 79.9. The molecule has 0 aromatic heterocycles. The number of ether oxygens (including phenoxy) is 1. The lowest BCUT2D eigenvalue weighted by molar-refractivity contribution is 0.349. The molecule has 0 radical (unpaired) electrons. The molecule has 0 aliphatic heterocycles. The largest absolute Gasteiger partial charge is 0.496 e. The van der Waals surface area contributed by atoms with E-state index in [1.807, 2.05) is 6.07 Å². The van der Waals surface area contributed by atoms with Crippen molar-refractivity contribution in [1.29, 1.82) is 0 Å². The molecule has 17 heavy (non-hydrogen) atoms.